The van der Waals surface area contributed by atoms with Gasteiger partial charge in [0.2, 0.25) is 0 Å². The van der Waals surface area contributed by atoms with Crippen LogP contribution in [0.5, 0.6) is 0 Å². The van der Waals surface area contributed by atoms with Crippen LogP contribution in [-0.2, 0) is 6.54 Å². The smallest absolute Gasteiger partial charge is 0.0475 e. The molecule has 0 amide bonds. The monoisotopic (exact) mass is 204 g/mol. The topological polar surface area (TPSA) is 15.3 Å². The molecule has 1 aromatic rings. The van der Waals surface area contributed by atoms with E-state index < -0.39 is 0 Å². The number of fused-ring (bicyclic) bond motifs is 1. The van der Waals surface area contributed by atoms with E-state index in [-0.39, 0.29) is 0 Å². The van der Waals surface area contributed by atoms with Gasteiger partial charge in [0.15, 0.2) is 0 Å². The lowest BCUT2D eigenvalue weighted by atomic mass is 9.95. The van der Waals surface area contributed by atoms with E-state index in [9.17, 15) is 0 Å². The van der Waals surface area contributed by atoms with E-state index in [2.05, 4.69) is 48.3 Å². The summed E-state index contributed by atoms with van der Waals surface area (Å²) in [5.41, 5.74) is 2.97. The summed E-state index contributed by atoms with van der Waals surface area (Å²) >= 11 is 0. The van der Waals surface area contributed by atoms with Gasteiger partial charge in [-0.15, -0.1) is 0 Å². The van der Waals surface area contributed by atoms with Crippen molar-refractivity contribution in [3.8, 4) is 0 Å². The molecule has 2 heteroatoms. The van der Waals surface area contributed by atoms with Crippen molar-refractivity contribution < 1.29 is 0 Å². The molecule has 2 rings (SSSR count). The minimum atomic E-state index is 0.560. The molecule has 1 aliphatic rings. The number of benzene rings is 1. The van der Waals surface area contributed by atoms with Gasteiger partial charge in [-0.25, -0.2) is 0 Å². The summed E-state index contributed by atoms with van der Waals surface area (Å²) in [7, 11) is 0. The lowest BCUT2D eigenvalue weighted by molar-refractivity contribution is 0.204. The SMILES string of the molecule is CCN(CC)C1CNCc2ccccc21. The lowest BCUT2D eigenvalue weighted by Crippen LogP contribution is -2.39. The van der Waals surface area contributed by atoms with E-state index >= 15 is 0 Å². The van der Waals surface area contributed by atoms with Crippen LogP contribution in [0.4, 0.5) is 0 Å². The molecule has 1 unspecified atom stereocenters. The first-order valence-corrected chi connectivity index (χ1v) is 5.89. The minimum absolute atomic E-state index is 0.560. The molecular formula is C13H20N2. The maximum Gasteiger partial charge on any atom is 0.0475 e. The number of hydrogen-bond acceptors (Lipinski definition) is 2. The zero-order valence-electron chi connectivity index (χ0n) is 9.66. The van der Waals surface area contributed by atoms with Crippen molar-refractivity contribution in [1.29, 1.82) is 0 Å². The number of nitrogens with one attached hydrogen (secondary N) is 1. The third kappa shape index (κ3) is 2.06. The molecule has 1 heterocycles. The Labute approximate surface area is 92.3 Å². The first-order chi connectivity index (χ1) is 7.36. The Morgan fingerprint density at radius 3 is 2.73 bits per heavy atom. The molecule has 1 atom stereocenters. The largest absolute Gasteiger partial charge is 0.311 e. The molecule has 15 heavy (non-hydrogen) atoms. The molecule has 0 spiro atoms. The average molecular weight is 204 g/mol. The van der Waals surface area contributed by atoms with Gasteiger partial charge in [-0.2, -0.15) is 0 Å². The average Bonchev–Trinajstić information content (AvgIpc) is 2.31. The van der Waals surface area contributed by atoms with Crippen molar-refractivity contribution in [1.82, 2.24) is 10.2 Å². The molecule has 0 saturated heterocycles. The first kappa shape index (κ1) is 10.7. The Morgan fingerprint density at radius 1 is 1.27 bits per heavy atom. The van der Waals surface area contributed by atoms with Crippen molar-refractivity contribution in [2.45, 2.75) is 26.4 Å². The normalized spacial score (nSPS) is 20.3. The highest BCUT2D eigenvalue weighted by molar-refractivity contribution is 5.32. The van der Waals surface area contributed by atoms with Gasteiger partial charge in [-0.3, -0.25) is 4.90 Å². The zero-order chi connectivity index (χ0) is 10.7. The van der Waals surface area contributed by atoms with E-state index in [0.717, 1.165) is 26.2 Å². The van der Waals surface area contributed by atoms with Crippen molar-refractivity contribution in [2.75, 3.05) is 19.6 Å². The second-order valence-electron chi connectivity index (χ2n) is 4.07. The predicted molar refractivity (Wildman–Crippen MR) is 63.8 cm³/mol. The van der Waals surface area contributed by atoms with Gasteiger partial charge in [-0.05, 0) is 24.2 Å². The molecule has 1 aliphatic heterocycles. The maximum absolute atomic E-state index is 3.50. The standard InChI is InChI=1S/C13H20N2/c1-3-15(4-2)13-10-14-9-11-7-5-6-8-12(11)13/h5-8,13-14H,3-4,9-10H2,1-2H3. The Bertz CT molecular complexity index is 318. The predicted octanol–water partition coefficient (Wildman–Crippen LogP) is 2.17. The van der Waals surface area contributed by atoms with E-state index in [1.807, 2.05) is 0 Å². The first-order valence-electron chi connectivity index (χ1n) is 5.89. The quantitative estimate of drug-likeness (QED) is 0.811. The van der Waals surface area contributed by atoms with Crippen LogP contribution in [0.1, 0.15) is 31.0 Å². The second-order valence-corrected chi connectivity index (χ2v) is 4.07. The van der Waals surface area contributed by atoms with Gasteiger partial charge in [0.25, 0.3) is 0 Å². The molecule has 0 fully saturated rings. The molecule has 0 radical (unpaired) electrons. The Kier molecular flexibility index (Phi) is 3.39. The van der Waals surface area contributed by atoms with E-state index in [0.29, 0.717) is 6.04 Å². The fraction of sp³-hybridized carbons (Fsp3) is 0.538. The lowest BCUT2D eigenvalue weighted by Gasteiger charge is -2.34. The van der Waals surface area contributed by atoms with Crippen LogP contribution in [0.2, 0.25) is 0 Å². The highest BCUT2D eigenvalue weighted by atomic mass is 15.2. The van der Waals surface area contributed by atoms with Crippen LogP contribution >= 0.6 is 0 Å². The van der Waals surface area contributed by atoms with E-state index in [1.165, 1.54) is 11.1 Å². The summed E-state index contributed by atoms with van der Waals surface area (Å²) in [5.74, 6) is 0. The third-order valence-electron chi connectivity index (χ3n) is 3.32. The van der Waals surface area contributed by atoms with Crippen LogP contribution in [0.3, 0.4) is 0 Å². The van der Waals surface area contributed by atoms with Crippen molar-refractivity contribution >= 4 is 0 Å². The number of nitrogens with zero attached hydrogens (tertiary/aromatic N) is 1. The zero-order valence-corrected chi connectivity index (χ0v) is 9.66. The van der Waals surface area contributed by atoms with Crippen molar-refractivity contribution in [3.63, 3.8) is 0 Å². The van der Waals surface area contributed by atoms with Crippen LogP contribution in [0.15, 0.2) is 24.3 Å². The Hall–Kier alpha value is -0.860. The van der Waals surface area contributed by atoms with Crippen LogP contribution in [-0.4, -0.2) is 24.5 Å². The minimum Gasteiger partial charge on any atom is -0.311 e. The fourth-order valence-corrected chi connectivity index (χ4v) is 2.46. The summed E-state index contributed by atoms with van der Waals surface area (Å²) in [6, 6.07) is 9.35. The number of likely N-dealkylation sites (N-methyl/N-ethyl adjacent to an activating group) is 1. The number of hydrogen-bond donors (Lipinski definition) is 1. The van der Waals surface area contributed by atoms with Crippen LogP contribution in [0.25, 0.3) is 0 Å². The molecule has 1 N–H and O–H groups in total. The van der Waals surface area contributed by atoms with Gasteiger partial charge in [0.05, 0.1) is 0 Å². The summed E-state index contributed by atoms with van der Waals surface area (Å²) in [5, 5.41) is 3.50. The summed E-state index contributed by atoms with van der Waals surface area (Å²) < 4.78 is 0. The van der Waals surface area contributed by atoms with Crippen LogP contribution in [0, 0.1) is 0 Å². The van der Waals surface area contributed by atoms with Gasteiger partial charge in [0, 0.05) is 19.1 Å². The van der Waals surface area contributed by atoms with Gasteiger partial charge >= 0.3 is 0 Å². The maximum atomic E-state index is 3.50. The van der Waals surface area contributed by atoms with Gasteiger partial charge < -0.3 is 5.32 Å². The Balaban J connectivity index is 2.28. The van der Waals surface area contributed by atoms with Gasteiger partial charge in [-0.1, -0.05) is 38.1 Å². The molecule has 0 bridgehead atoms. The molecule has 0 saturated carbocycles. The van der Waals surface area contributed by atoms with Crippen molar-refractivity contribution in [3.05, 3.63) is 35.4 Å². The third-order valence-corrected chi connectivity index (χ3v) is 3.32. The highest BCUT2D eigenvalue weighted by Crippen LogP contribution is 2.26. The molecule has 1 aromatic carbocycles. The summed E-state index contributed by atoms with van der Waals surface area (Å²) in [6.45, 7) is 8.82. The van der Waals surface area contributed by atoms with E-state index in [1.54, 1.807) is 0 Å². The van der Waals surface area contributed by atoms with Gasteiger partial charge in [0.1, 0.15) is 0 Å². The Morgan fingerprint density at radius 2 is 2.00 bits per heavy atom. The number of rotatable bonds is 3. The fourth-order valence-electron chi connectivity index (χ4n) is 2.46. The molecule has 82 valence electrons. The molecule has 0 aromatic heterocycles. The second kappa shape index (κ2) is 4.77. The summed E-state index contributed by atoms with van der Waals surface area (Å²) in [6.07, 6.45) is 0. The molecule has 2 nitrogen and oxygen atoms in total. The highest BCUT2D eigenvalue weighted by Gasteiger charge is 2.23. The van der Waals surface area contributed by atoms with E-state index in [4.69, 9.17) is 0 Å². The van der Waals surface area contributed by atoms with Crippen LogP contribution < -0.4 is 5.32 Å². The summed E-state index contributed by atoms with van der Waals surface area (Å²) in [4.78, 5) is 2.52. The molecule has 0 aliphatic carbocycles. The van der Waals surface area contributed by atoms with Crippen molar-refractivity contribution in [2.24, 2.45) is 0 Å². The molecular weight excluding hydrogens is 184 g/mol.